The molecule has 0 aromatic heterocycles. The summed E-state index contributed by atoms with van der Waals surface area (Å²) in [7, 11) is 0. The average Bonchev–Trinajstić information content (AvgIpc) is 3.06. The summed E-state index contributed by atoms with van der Waals surface area (Å²) < 4.78 is 5.70. The van der Waals surface area contributed by atoms with Crippen molar-refractivity contribution in [1.29, 1.82) is 0 Å². The first-order valence-corrected chi connectivity index (χ1v) is 8.00. The Hall–Kier alpha value is -1.92. The zero-order valence-corrected chi connectivity index (χ0v) is 13.2. The lowest BCUT2D eigenvalue weighted by Gasteiger charge is -2.29. The van der Waals surface area contributed by atoms with Gasteiger partial charge in [-0.1, -0.05) is 43.2 Å². The van der Waals surface area contributed by atoms with Crippen molar-refractivity contribution >= 4 is 11.8 Å². The molecule has 6 nitrogen and oxygen atoms in total. The molecule has 1 fully saturated rings. The first-order chi connectivity index (χ1) is 11.2. The largest absolute Gasteiger partial charge is 0.394 e. The van der Waals surface area contributed by atoms with E-state index in [4.69, 9.17) is 9.84 Å². The van der Waals surface area contributed by atoms with E-state index >= 15 is 0 Å². The Morgan fingerprint density at radius 1 is 1.09 bits per heavy atom. The molecule has 0 heterocycles. The van der Waals surface area contributed by atoms with Crippen molar-refractivity contribution in [3.05, 3.63) is 35.9 Å². The first-order valence-electron chi connectivity index (χ1n) is 8.00. The normalized spacial score (nSPS) is 16.0. The summed E-state index contributed by atoms with van der Waals surface area (Å²) >= 11 is 0. The van der Waals surface area contributed by atoms with Crippen molar-refractivity contribution in [2.45, 2.75) is 37.8 Å². The number of aliphatic hydroxyl groups is 1. The van der Waals surface area contributed by atoms with Crippen molar-refractivity contribution < 1.29 is 19.4 Å². The molecule has 0 spiro atoms. The molecule has 0 saturated heterocycles. The number of amides is 2. The Labute approximate surface area is 136 Å². The minimum absolute atomic E-state index is 0.0484. The van der Waals surface area contributed by atoms with E-state index in [-0.39, 0.29) is 13.2 Å². The maximum Gasteiger partial charge on any atom is 0.309 e. The molecule has 0 radical (unpaired) electrons. The predicted molar refractivity (Wildman–Crippen MR) is 85.5 cm³/mol. The van der Waals surface area contributed by atoms with Crippen LogP contribution in [0, 0.1) is 0 Å². The molecule has 3 N–H and O–H groups in total. The van der Waals surface area contributed by atoms with Crippen LogP contribution in [0.3, 0.4) is 0 Å². The van der Waals surface area contributed by atoms with Gasteiger partial charge in [-0.2, -0.15) is 0 Å². The van der Waals surface area contributed by atoms with Crippen molar-refractivity contribution in [3.63, 3.8) is 0 Å². The SMILES string of the molecule is O=C(NCc1ccccc1)C(=O)NCC1(OCCO)CCCC1. The number of benzene rings is 1. The molecule has 1 aliphatic rings. The molecule has 2 amide bonds. The summed E-state index contributed by atoms with van der Waals surface area (Å²) in [5, 5.41) is 14.2. The minimum Gasteiger partial charge on any atom is -0.394 e. The number of nitrogens with one attached hydrogen (secondary N) is 2. The number of ether oxygens (including phenoxy) is 1. The Bertz CT molecular complexity index is 513. The Kier molecular flexibility index (Phi) is 6.55. The monoisotopic (exact) mass is 320 g/mol. The highest BCUT2D eigenvalue weighted by molar-refractivity contribution is 6.35. The van der Waals surface area contributed by atoms with Gasteiger partial charge >= 0.3 is 11.8 Å². The van der Waals surface area contributed by atoms with E-state index in [0.29, 0.717) is 13.1 Å². The van der Waals surface area contributed by atoms with Crippen LogP contribution in [0.1, 0.15) is 31.2 Å². The van der Waals surface area contributed by atoms with Crippen molar-refractivity contribution in [1.82, 2.24) is 10.6 Å². The van der Waals surface area contributed by atoms with Gasteiger partial charge in [0.15, 0.2) is 0 Å². The van der Waals surface area contributed by atoms with Gasteiger partial charge in [0.25, 0.3) is 0 Å². The molecule has 1 aliphatic carbocycles. The molecule has 23 heavy (non-hydrogen) atoms. The fraction of sp³-hybridized carbons (Fsp3) is 0.529. The Morgan fingerprint density at radius 2 is 1.74 bits per heavy atom. The standard InChI is InChI=1S/C17H24N2O4/c20-10-11-23-17(8-4-5-9-17)13-19-16(22)15(21)18-12-14-6-2-1-3-7-14/h1-3,6-7,20H,4-5,8-13H2,(H,18,21)(H,19,22). The lowest BCUT2D eigenvalue weighted by Crippen LogP contribution is -2.48. The fourth-order valence-corrected chi connectivity index (χ4v) is 2.83. The summed E-state index contributed by atoms with van der Waals surface area (Å²) in [5.74, 6) is -1.30. The second-order valence-corrected chi connectivity index (χ2v) is 5.81. The zero-order chi connectivity index (χ0) is 16.5. The summed E-state index contributed by atoms with van der Waals surface area (Å²) in [6, 6.07) is 9.42. The topological polar surface area (TPSA) is 87.7 Å². The lowest BCUT2D eigenvalue weighted by atomic mass is 10.0. The van der Waals surface area contributed by atoms with Gasteiger partial charge in [-0.25, -0.2) is 0 Å². The molecule has 126 valence electrons. The highest BCUT2D eigenvalue weighted by Crippen LogP contribution is 2.32. The fourth-order valence-electron chi connectivity index (χ4n) is 2.83. The van der Waals surface area contributed by atoms with Gasteiger partial charge in [0.05, 0.1) is 18.8 Å². The van der Waals surface area contributed by atoms with Gasteiger partial charge in [0.1, 0.15) is 0 Å². The molecule has 0 aliphatic heterocycles. The van der Waals surface area contributed by atoms with Crippen LogP contribution in [-0.4, -0.2) is 42.3 Å². The number of hydrogen-bond acceptors (Lipinski definition) is 4. The smallest absolute Gasteiger partial charge is 0.309 e. The number of carbonyl (C=O) groups excluding carboxylic acids is 2. The maximum atomic E-state index is 11.9. The van der Waals surface area contributed by atoms with Crippen molar-refractivity contribution in [2.24, 2.45) is 0 Å². The number of carbonyl (C=O) groups is 2. The summed E-state index contributed by atoms with van der Waals surface area (Å²) in [4.78, 5) is 23.7. The summed E-state index contributed by atoms with van der Waals surface area (Å²) in [5.41, 5.74) is 0.491. The Morgan fingerprint density at radius 3 is 2.39 bits per heavy atom. The quantitative estimate of drug-likeness (QED) is 0.647. The second-order valence-electron chi connectivity index (χ2n) is 5.81. The third-order valence-electron chi connectivity index (χ3n) is 4.09. The van der Waals surface area contributed by atoms with Crippen LogP contribution in [0.15, 0.2) is 30.3 Å². The van der Waals surface area contributed by atoms with Gasteiger partial charge in [-0.15, -0.1) is 0 Å². The molecule has 1 aromatic carbocycles. The zero-order valence-electron chi connectivity index (χ0n) is 13.2. The van der Waals surface area contributed by atoms with Gasteiger partial charge in [0.2, 0.25) is 0 Å². The first kappa shape index (κ1) is 17.4. The highest BCUT2D eigenvalue weighted by Gasteiger charge is 2.35. The molecule has 2 rings (SSSR count). The average molecular weight is 320 g/mol. The van der Waals surface area contributed by atoms with Crippen molar-refractivity contribution in [3.8, 4) is 0 Å². The Balaban J connectivity index is 1.77. The molecule has 0 bridgehead atoms. The van der Waals surface area contributed by atoms with E-state index in [1.807, 2.05) is 30.3 Å². The lowest BCUT2D eigenvalue weighted by molar-refractivity contribution is -0.140. The molecular weight excluding hydrogens is 296 g/mol. The van der Waals surface area contributed by atoms with E-state index in [2.05, 4.69) is 10.6 Å². The minimum atomic E-state index is -0.653. The highest BCUT2D eigenvalue weighted by atomic mass is 16.5. The number of aliphatic hydroxyl groups excluding tert-OH is 1. The van der Waals surface area contributed by atoms with Crippen LogP contribution in [0.4, 0.5) is 0 Å². The van der Waals surface area contributed by atoms with Crippen LogP contribution < -0.4 is 10.6 Å². The number of rotatable bonds is 7. The maximum absolute atomic E-state index is 11.9. The molecule has 1 saturated carbocycles. The summed E-state index contributed by atoms with van der Waals surface area (Å²) in [6.07, 6.45) is 3.72. The van der Waals surface area contributed by atoms with Crippen LogP contribution in [-0.2, 0) is 20.9 Å². The predicted octanol–water partition coefficient (Wildman–Crippen LogP) is 0.741. The molecule has 0 unspecified atom stereocenters. The van der Waals surface area contributed by atoms with Gasteiger partial charge in [-0.05, 0) is 18.4 Å². The van der Waals surface area contributed by atoms with Crippen LogP contribution in [0.5, 0.6) is 0 Å². The summed E-state index contributed by atoms with van der Waals surface area (Å²) in [6.45, 7) is 0.813. The van der Waals surface area contributed by atoms with E-state index < -0.39 is 17.4 Å². The molecule has 0 atom stereocenters. The van der Waals surface area contributed by atoms with Crippen LogP contribution in [0.2, 0.25) is 0 Å². The second kappa shape index (κ2) is 8.64. The third-order valence-corrected chi connectivity index (χ3v) is 4.09. The molecule has 1 aromatic rings. The third kappa shape index (κ3) is 5.33. The molecular formula is C17H24N2O4. The van der Waals surface area contributed by atoms with E-state index in [1.54, 1.807) is 0 Å². The van der Waals surface area contributed by atoms with Crippen LogP contribution in [0.25, 0.3) is 0 Å². The van der Waals surface area contributed by atoms with Crippen molar-refractivity contribution in [2.75, 3.05) is 19.8 Å². The van der Waals surface area contributed by atoms with E-state index in [9.17, 15) is 9.59 Å². The molecule has 6 heteroatoms. The van der Waals surface area contributed by atoms with E-state index in [1.165, 1.54) is 0 Å². The van der Waals surface area contributed by atoms with Gasteiger partial charge in [0, 0.05) is 13.1 Å². The van der Waals surface area contributed by atoms with Gasteiger partial charge < -0.3 is 20.5 Å². The number of hydrogen-bond donors (Lipinski definition) is 3. The van der Waals surface area contributed by atoms with Crippen LogP contribution >= 0.6 is 0 Å². The van der Waals surface area contributed by atoms with Gasteiger partial charge in [-0.3, -0.25) is 9.59 Å². The van der Waals surface area contributed by atoms with E-state index in [0.717, 1.165) is 31.2 Å².